The predicted molar refractivity (Wildman–Crippen MR) is 69.4 cm³/mol. The number of unbranched alkanes of at least 4 members (excludes halogenated alkanes) is 3. The molecule has 2 nitrogen and oxygen atoms in total. The van der Waals surface area contributed by atoms with E-state index in [9.17, 15) is 0 Å². The van der Waals surface area contributed by atoms with Crippen molar-refractivity contribution < 1.29 is 0 Å². The van der Waals surface area contributed by atoms with Crippen LogP contribution >= 0.6 is 0 Å². The van der Waals surface area contributed by atoms with Crippen LogP contribution in [0.25, 0.3) is 0 Å². The van der Waals surface area contributed by atoms with Crippen LogP contribution in [0, 0.1) is 0 Å². The summed E-state index contributed by atoms with van der Waals surface area (Å²) in [6.07, 6.45) is 8.16. The molecule has 0 heterocycles. The molecule has 1 atom stereocenters. The van der Waals surface area contributed by atoms with Gasteiger partial charge in [0.15, 0.2) is 0 Å². The van der Waals surface area contributed by atoms with Gasteiger partial charge in [0.2, 0.25) is 0 Å². The van der Waals surface area contributed by atoms with Crippen molar-refractivity contribution in [3.8, 4) is 0 Å². The topological polar surface area (TPSA) is 15.3 Å². The molecule has 0 bridgehead atoms. The Balaban J connectivity index is 3.53. The zero-order valence-electron chi connectivity index (χ0n) is 11.2. The Kier molecular flexibility index (Phi) is 10.4. The monoisotopic (exact) mass is 214 g/mol. The third kappa shape index (κ3) is 10.2. The smallest absolute Gasteiger partial charge is 0.00791 e. The first-order valence-corrected chi connectivity index (χ1v) is 6.58. The van der Waals surface area contributed by atoms with Crippen LogP contribution in [0.4, 0.5) is 0 Å². The summed E-state index contributed by atoms with van der Waals surface area (Å²) in [5, 5.41) is 3.59. The lowest BCUT2D eigenvalue weighted by Gasteiger charge is -2.20. The van der Waals surface area contributed by atoms with Crippen LogP contribution in [-0.2, 0) is 0 Å². The van der Waals surface area contributed by atoms with Crippen molar-refractivity contribution in [2.75, 3.05) is 27.2 Å². The summed E-state index contributed by atoms with van der Waals surface area (Å²) in [5.41, 5.74) is 0. The van der Waals surface area contributed by atoms with E-state index in [0.717, 1.165) is 12.6 Å². The highest BCUT2D eigenvalue weighted by Crippen LogP contribution is 2.08. The fourth-order valence-electron chi connectivity index (χ4n) is 1.87. The highest BCUT2D eigenvalue weighted by atomic mass is 15.1. The molecule has 0 aliphatic rings. The van der Waals surface area contributed by atoms with Crippen molar-refractivity contribution in [3.05, 3.63) is 0 Å². The lowest BCUT2D eigenvalue weighted by atomic mass is 10.0. The fourth-order valence-corrected chi connectivity index (χ4v) is 1.87. The van der Waals surface area contributed by atoms with E-state index in [4.69, 9.17) is 0 Å². The van der Waals surface area contributed by atoms with Crippen molar-refractivity contribution in [2.24, 2.45) is 0 Å². The van der Waals surface area contributed by atoms with Crippen molar-refractivity contribution in [1.82, 2.24) is 10.2 Å². The molecule has 2 heteroatoms. The molecule has 15 heavy (non-hydrogen) atoms. The molecule has 1 N–H and O–H groups in total. The average molecular weight is 214 g/mol. The molecule has 0 spiro atoms. The highest BCUT2D eigenvalue weighted by Gasteiger charge is 2.06. The largest absolute Gasteiger partial charge is 0.314 e. The molecule has 0 aromatic rings. The summed E-state index contributed by atoms with van der Waals surface area (Å²) in [5.74, 6) is 0. The van der Waals surface area contributed by atoms with Crippen molar-refractivity contribution >= 4 is 0 Å². The third-order valence-electron chi connectivity index (χ3n) is 2.82. The van der Waals surface area contributed by atoms with E-state index >= 15 is 0 Å². The van der Waals surface area contributed by atoms with E-state index in [1.165, 1.54) is 45.1 Å². The fraction of sp³-hybridized carbons (Fsp3) is 1.00. The molecule has 0 fully saturated rings. The van der Waals surface area contributed by atoms with E-state index in [0.29, 0.717) is 0 Å². The number of hydrogen-bond acceptors (Lipinski definition) is 2. The summed E-state index contributed by atoms with van der Waals surface area (Å²) in [6, 6.07) is 0.731. The minimum atomic E-state index is 0.731. The first kappa shape index (κ1) is 14.9. The van der Waals surface area contributed by atoms with Crippen LogP contribution in [0.1, 0.15) is 52.4 Å². The van der Waals surface area contributed by atoms with Gasteiger partial charge in [0, 0.05) is 6.04 Å². The lowest BCUT2D eigenvalue weighted by molar-refractivity contribution is 0.346. The zero-order valence-corrected chi connectivity index (χ0v) is 11.2. The van der Waals surface area contributed by atoms with Gasteiger partial charge in [0.1, 0.15) is 0 Å². The molecule has 0 aliphatic heterocycles. The molecular formula is C13H30N2. The Labute approximate surface area is 96.4 Å². The van der Waals surface area contributed by atoms with Crippen molar-refractivity contribution in [1.29, 1.82) is 0 Å². The summed E-state index contributed by atoms with van der Waals surface area (Å²) < 4.78 is 0. The van der Waals surface area contributed by atoms with Crippen LogP contribution in [0.15, 0.2) is 0 Å². The molecule has 0 aromatic heterocycles. The van der Waals surface area contributed by atoms with Gasteiger partial charge < -0.3 is 10.2 Å². The van der Waals surface area contributed by atoms with Crippen LogP contribution in [0.3, 0.4) is 0 Å². The molecule has 0 saturated heterocycles. The van der Waals surface area contributed by atoms with E-state index < -0.39 is 0 Å². The van der Waals surface area contributed by atoms with Crippen LogP contribution in [-0.4, -0.2) is 38.1 Å². The second kappa shape index (κ2) is 10.4. The SMILES string of the molecule is CCCCCCC(CCN(C)C)NCC. The minimum Gasteiger partial charge on any atom is -0.314 e. The molecule has 0 rings (SSSR count). The predicted octanol–water partition coefficient (Wildman–Crippen LogP) is 2.89. The van der Waals surface area contributed by atoms with E-state index in [2.05, 4.69) is 38.2 Å². The van der Waals surface area contributed by atoms with Gasteiger partial charge in [-0.2, -0.15) is 0 Å². The van der Waals surface area contributed by atoms with Crippen LogP contribution in [0.2, 0.25) is 0 Å². The second-order valence-electron chi connectivity index (χ2n) is 4.70. The molecule has 0 radical (unpaired) electrons. The standard InChI is InChI=1S/C13H30N2/c1-5-7-8-9-10-13(14-6-2)11-12-15(3)4/h13-14H,5-12H2,1-4H3. The van der Waals surface area contributed by atoms with Gasteiger partial charge in [-0.15, -0.1) is 0 Å². The maximum Gasteiger partial charge on any atom is 0.00791 e. The third-order valence-corrected chi connectivity index (χ3v) is 2.82. The molecule has 0 saturated carbocycles. The van der Waals surface area contributed by atoms with Crippen LogP contribution in [0.5, 0.6) is 0 Å². The Morgan fingerprint density at radius 3 is 2.27 bits per heavy atom. The first-order chi connectivity index (χ1) is 7.20. The second-order valence-corrected chi connectivity index (χ2v) is 4.70. The Hall–Kier alpha value is -0.0800. The number of rotatable bonds is 10. The van der Waals surface area contributed by atoms with Gasteiger partial charge in [0.05, 0.1) is 0 Å². The minimum absolute atomic E-state index is 0.731. The average Bonchev–Trinajstić information content (AvgIpc) is 2.20. The maximum atomic E-state index is 3.59. The Morgan fingerprint density at radius 2 is 1.73 bits per heavy atom. The van der Waals surface area contributed by atoms with Gasteiger partial charge in [0.25, 0.3) is 0 Å². The van der Waals surface area contributed by atoms with Gasteiger partial charge in [-0.25, -0.2) is 0 Å². The highest BCUT2D eigenvalue weighted by molar-refractivity contribution is 4.67. The number of nitrogens with zero attached hydrogens (tertiary/aromatic N) is 1. The Bertz CT molecular complexity index is 124. The quantitative estimate of drug-likeness (QED) is 0.563. The number of hydrogen-bond donors (Lipinski definition) is 1. The number of nitrogens with one attached hydrogen (secondary N) is 1. The van der Waals surface area contributed by atoms with Gasteiger partial charge in [-0.3, -0.25) is 0 Å². The van der Waals surface area contributed by atoms with Crippen molar-refractivity contribution in [2.45, 2.75) is 58.4 Å². The molecule has 92 valence electrons. The molecule has 0 aromatic carbocycles. The first-order valence-electron chi connectivity index (χ1n) is 6.58. The van der Waals surface area contributed by atoms with Gasteiger partial charge in [-0.05, 0) is 40.0 Å². The molecule has 0 aliphatic carbocycles. The molecule has 0 amide bonds. The van der Waals surface area contributed by atoms with Crippen molar-refractivity contribution in [3.63, 3.8) is 0 Å². The summed E-state index contributed by atoms with van der Waals surface area (Å²) >= 11 is 0. The maximum absolute atomic E-state index is 3.59. The summed E-state index contributed by atoms with van der Waals surface area (Å²) in [4.78, 5) is 2.27. The van der Waals surface area contributed by atoms with E-state index in [1.54, 1.807) is 0 Å². The van der Waals surface area contributed by atoms with Gasteiger partial charge >= 0.3 is 0 Å². The zero-order chi connectivity index (χ0) is 11.5. The summed E-state index contributed by atoms with van der Waals surface area (Å²) in [7, 11) is 4.31. The Morgan fingerprint density at radius 1 is 1.00 bits per heavy atom. The van der Waals surface area contributed by atoms with E-state index in [-0.39, 0.29) is 0 Å². The molecular weight excluding hydrogens is 184 g/mol. The van der Waals surface area contributed by atoms with Gasteiger partial charge in [-0.1, -0.05) is 39.5 Å². The molecule has 1 unspecified atom stereocenters. The van der Waals surface area contributed by atoms with Crippen LogP contribution < -0.4 is 5.32 Å². The summed E-state index contributed by atoms with van der Waals surface area (Å²) in [6.45, 7) is 6.78. The normalized spacial score (nSPS) is 13.4. The van der Waals surface area contributed by atoms with E-state index in [1.807, 2.05) is 0 Å². The lowest BCUT2D eigenvalue weighted by Crippen LogP contribution is -2.32.